The van der Waals surface area contributed by atoms with Gasteiger partial charge in [0, 0.05) is 12.3 Å². The number of allylic oxidation sites excluding steroid dienone is 1. The van der Waals surface area contributed by atoms with Gasteiger partial charge in [0.05, 0.1) is 21.2 Å². The Labute approximate surface area is 160 Å². The fourth-order valence-corrected chi connectivity index (χ4v) is 2.53. The molecule has 132 valence electrons. The highest BCUT2D eigenvalue weighted by molar-refractivity contribution is 6.32. The number of benzene rings is 2. The van der Waals surface area contributed by atoms with Gasteiger partial charge in [0.1, 0.15) is 11.8 Å². The summed E-state index contributed by atoms with van der Waals surface area (Å²) < 4.78 is 5.60. The van der Waals surface area contributed by atoms with Crippen LogP contribution in [0.3, 0.4) is 0 Å². The molecular weight excluding hydrogens is 366 g/mol. The molecule has 2 aromatic carbocycles. The molecule has 1 aromatic heterocycles. The molecule has 0 aliphatic heterocycles. The normalized spacial score (nSPS) is 10.9. The van der Waals surface area contributed by atoms with Gasteiger partial charge in [-0.05, 0) is 42.0 Å². The van der Waals surface area contributed by atoms with E-state index in [1.165, 1.54) is 18.2 Å². The SMILES string of the molecule is N#C/C(=C\c1ccc(Oc2ccccc2Cl)c([N+](=O)[O-])c1)c1ccccn1. The first-order valence-corrected chi connectivity index (χ1v) is 8.20. The number of hydrogen-bond acceptors (Lipinski definition) is 5. The fourth-order valence-electron chi connectivity index (χ4n) is 2.35. The topological polar surface area (TPSA) is 89.0 Å². The van der Waals surface area contributed by atoms with Gasteiger partial charge in [-0.25, -0.2) is 0 Å². The molecule has 0 spiro atoms. The van der Waals surface area contributed by atoms with Crippen molar-refractivity contribution in [2.24, 2.45) is 0 Å². The van der Waals surface area contributed by atoms with E-state index in [9.17, 15) is 15.4 Å². The van der Waals surface area contributed by atoms with E-state index in [0.29, 0.717) is 27.6 Å². The number of nitriles is 1. The first-order valence-electron chi connectivity index (χ1n) is 7.82. The zero-order chi connectivity index (χ0) is 19.2. The van der Waals surface area contributed by atoms with E-state index < -0.39 is 4.92 Å². The van der Waals surface area contributed by atoms with E-state index in [1.807, 2.05) is 0 Å². The third-order valence-corrected chi connectivity index (χ3v) is 3.92. The number of aromatic nitrogens is 1. The van der Waals surface area contributed by atoms with Crippen molar-refractivity contribution in [2.75, 3.05) is 0 Å². The molecule has 0 atom stereocenters. The van der Waals surface area contributed by atoms with Gasteiger partial charge in [-0.2, -0.15) is 5.26 Å². The molecule has 0 aliphatic carbocycles. The van der Waals surface area contributed by atoms with Crippen LogP contribution in [0.4, 0.5) is 5.69 Å². The maximum absolute atomic E-state index is 11.5. The minimum absolute atomic E-state index is 0.0570. The fraction of sp³-hybridized carbons (Fsp3) is 0. The van der Waals surface area contributed by atoms with Gasteiger partial charge in [0.25, 0.3) is 0 Å². The lowest BCUT2D eigenvalue weighted by Gasteiger charge is -2.08. The van der Waals surface area contributed by atoms with Gasteiger partial charge in [0.2, 0.25) is 5.75 Å². The number of nitro benzene ring substituents is 1. The highest BCUT2D eigenvalue weighted by atomic mass is 35.5. The predicted molar refractivity (Wildman–Crippen MR) is 102 cm³/mol. The molecule has 27 heavy (non-hydrogen) atoms. The van der Waals surface area contributed by atoms with E-state index in [2.05, 4.69) is 11.1 Å². The zero-order valence-corrected chi connectivity index (χ0v) is 14.6. The minimum atomic E-state index is -0.545. The van der Waals surface area contributed by atoms with Crippen molar-refractivity contribution >= 4 is 28.9 Å². The van der Waals surface area contributed by atoms with Crippen molar-refractivity contribution in [3.8, 4) is 17.6 Å². The first kappa shape index (κ1) is 18.1. The van der Waals surface area contributed by atoms with Crippen LogP contribution in [0.5, 0.6) is 11.5 Å². The van der Waals surface area contributed by atoms with Gasteiger partial charge >= 0.3 is 5.69 Å². The van der Waals surface area contributed by atoms with E-state index in [1.54, 1.807) is 54.7 Å². The van der Waals surface area contributed by atoms with Crippen LogP contribution in [0.15, 0.2) is 66.9 Å². The Hall–Kier alpha value is -3.69. The smallest absolute Gasteiger partial charge is 0.312 e. The summed E-state index contributed by atoms with van der Waals surface area (Å²) in [6, 6.07) is 18.4. The number of pyridine rings is 1. The minimum Gasteiger partial charge on any atom is -0.449 e. The Morgan fingerprint density at radius 1 is 1.15 bits per heavy atom. The summed E-state index contributed by atoms with van der Waals surface area (Å²) in [5.41, 5.74) is 1.03. The molecular formula is C20H12ClN3O3. The van der Waals surface area contributed by atoms with E-state index in [0.717, 1.165) is 0 Å². The van der Waals surface area contributed by atoms with Gasteiger partial charge < -0.3 is 4.74 Å². The van der Waals surface area contributed by atoms with Crippen molar-refractivity contribution in [1.82, 2.24) is 4.98 Å². The molecule has 0 radical (unpaired) electrons. The molecule has 0 saturated carbocycles. The van der Waals surface area contributed by atoms with Gasteiger partial charge in [-0.1, -0.05) is 35.9 Å². The molecule has 0 aliphatic rings. The highest BCUT2D eigenvalue weighted by Gasteiger charge is 2.17. The average Bonchev–Trinajstić information content (AvgIpc) is 2.69. The van der Waals surface area contributed by atoms with E-state index >= 15 is 0 Å². The van der Waals surface area contributed by atoms with Crippen molar-refractivity contribution in [3.05, 3.63) is 93.3 Å². The van der Waals surface area contributed by atoms with E-state index in [4.69, 9.17) is 16.3 Å². The number of rotatable bonds is 5. The number of ether oxygens (including phenoxy) is 1. The average molecular weight is 378 g/mol. The second-order valence-corrected chi connectivity index (χ2v) is 5.81. The summed E-state index contributed by atoms with van der Waals surface area (Å²) in [6.45, 7) is 0. The predicted octanol–water partition coefficient (Wildman–Crippen LogP) is 5.50. The van der Waals surface area contributed by atoms with Crippen molar-refractivity contribution in [2.45, 2.75) is 0 Å². The number of nitrogens with zero attached hydrogens (tertiary/aromatic N) is 3. The maximum Gasteiger partial charge on any atom is 0.312 e. The second-order valence-electron chi connectivity index (χ2n) is 5.40. The Kier molecular flexibility index (Phi) is 5.45. The van der Waals surface area contributed by atoms with Crippen LogP contribution in [-0.2, 0) is 0 Å². The van der Waals surface area contributed by atoms with Crippen LogP contribution in [-0.4, -0.2) is 9.91 Å². The molecule has 0 unspecified atom stereocenters. The molecule has 0 amide bonds. The quantitative estimate of drug-likeness (QED) is 0.332. The van der Waals surface area contributed by atoms with Crippen LogP contribution in [0.2, 0.25) is 5.02 Å². The van der Waals surface area contributed by atoms with Crippen molar-refractivity contribution in [1.29, 1.82) is 5.26 Å². The molecule has 6 nitrogen and oxygen atoms in total. The summed E-state index contributed by atoms with van der Waals surface area (Å²) in [6.07, 6.45) is 3.11. The summed E-state index contributed by atoms with van der Waals surface area (Å²) in [7, 11) is 0. The van der Waals surface area contributed by atoms with Gasteiger partial charge in [-0.15, -0.1) is 0 Å². The van der Waals surface area contributed by atoms with Crippen LogP contribution < -0.4 is 4.74 Å². The second kappa shape index (κ2) is 8.13. The van der Waals surface area contributed by atoms with Crippen LogP contribution in [0, 0.1) is 21.4 Å². The Morgan fingerprint density at radius 2 is 1.93 bits per heavy atom. The molecule has 3 aromatic rings. The summed E-state index contributed by atoms with van der Waals surface area (Å²) in [5, 5.41) is 21.2. The molecule has 1 heterocycles. The Bertz CT molecular complexity index is 1060. The molecule has 0 saturated heterocycles. The first-order chi connectivity index (χ1) is 13.1. The third-order valence-electron chi connectivity index (χ3n) is 3.61. The number of hydrogen-bond donors (Lipinski definition) is 0. The lowest BCUT2D eigenvalue weighted by molar-refractivity contribution is -0.385. The Balaban J connectivity index is 1.99. The number of halogens is 1. The monoisotopic (exact) mass is 377 g/mol. The molecule has 0 bridgehead atoms. The summed E-state index contributed by atoms with van der Waals surface area (Å²) in [5.74, 6) is 0.373. The number of para-hydroxylation sites is 1. The Morgan fingerprint density at radius 3 is 2.59 bits per heavy atom. The lowest BCUT2D eigenvalue weighted by Crippen LogP contribution is -1.95. The largest absolute Gasteiger partial charge is 0.449 e. The lowest BCUT2D eigenvalue weighted by atomic mass is 10.1. The molecule has 7 heteroatoms. The van der Waals surface area contributed by atoms with Crippen LogP contribution in [0.25, 0.3) is 11.6 Å². The maximum atomic E-state index is 11.5. The van der Waals surface area contributed by atoms with Crippen LogP contribution >= 0.6 is 11.6 Å². The van der Waals surface area contributed by atoms with E-state index in [-0.39, 0.29) is 11.4 Å². The summed E-state index contributed by atoms with van der Waals surface area (Å²) >= 11 is 6.05. The van der Waals surface area contributed by atoms with Gasteiger partial charge in [-0.3, -0.25) is 15.1 Å². The van der Waals surface area contributed by atoms with Crippen LogP contribution in [0.1, 0.15) is 11.3 Å². The molecule has 0 N–H and O–H groups in total. The standard InChI is InChI=1S/C20H12ClN3O3/c21-16-5-1-2-7-19(16)27-20-9-8-14(12-18(20)24(25)26)11-15(13-22)17-6-3-4-10-23-17/h1-12H/b15-11+. The van der Waals surface area contributed by atoms with Gasteiger partial charge in [0.15, 0.2) is 0 Å². The third kappa shape index (κ3) is 4.29. The number of nitro groups is 1. The molecule has 3 rings (SSSR count). The zero-order valence-electron chi connectivity index (χ0n) is 13.9. The molecule has 0 fully saturated rings. The van der Waals surface area contributed by atoms with Crippen molar-refractivity contribution < 1.29 is 9.66 Å². The van der Waals surface area contributed by atoms with Crippen molar-refractivity contribution in [3.63, 3.8) is 0 Å². The summed E-state index contributed by atoms with van der Waals surface area (Å²) in [4.78, 5) is 15.0. The highest BCUT2D eigenvalue weighted by Crippen LogP contribution is 2.35.